The molecule has 0 atom stereocenters. The number of terminal acetylenes is 1. The molecule has 0 saturated heterocycles. The fourth-order valence-electron chi connectivity index (χ4n) is 1.23. The number of aryl methyl sites for hydroxylation is 2. The van der Waals surface area contributed by atoms with Crippen LogP contribution in [0.15, 0.2) is 0 Å². The largest absolute Gasteiger partial charge is 0.296 e. The Labute approximate surface area is 95.8 Å². The van der Waals surface area contributed by atoms with Gasteiger partial charge in [-0.3, -0.25) is 10.00 Å². The average molecular weight is 226 g/mol. The molecule has 1 aromatic heterocycles. The molecule has 0 amide bonds. The predicted molar refractivity (Wildman–Crippen MR) is 62.7 cm³/mol. The van der Waals surface area contributed by atoms with Crippen molar-refractivity contribution in [1.29, 1.82) is 0 Å². The Hall–Kier alpha value is -0.980. The van der Waals surface area contributed by atoms with Gasteiger partial charge in [0.1, 0.15) is 0 Å². The smallest absolute Gasteiger partial charge is 0.0860 e. The van der Waals surface area contributed by atoms with Crippen LogP contribution < -0.4 is 5.32 Å². The maximum Gasteiger partial charge on any atom is 0.0860 e. The number of hydrogen-bond acceptors (Lipinski definition) is 2. The van der Waals surface area contributed by atoms with Crippen LogP contribution in [0.2, 0.25) is 5.02 Å². The zero-order chi connectivity index (χ0) is 11.6. The molecule has 0 radical (unpaired) electrons. The van der Waals surface area contributed by atoms with E-state index >= 15 is 0 Å². The maximum atomic E-state index is 6.11. The summed E-state index contributed by atoms with van der Waals surface area (Å²) in [7, 11) is 1.87. The second kappa shape index (κ2) is 4.26. The molecule has 0 bridgehead atoms. The van der Waals surface area contributed by atoms with Gasteiger partial charge in [0.2, 0.25) is 0 Å². The molecule has 1 aromatic rings. The highest BCUT2D eigenvalue weighted by molar-refractivity contribution is 6.31. The minimum Gasteiger partial charge on any atom is -0.296 e. The summed E-state index contributed by atoms with van der Waals surface area (Å²) in [5.41, 5.74) is 1.47. The first-order valence-electron chi connectivity index (χ1n) is 4.78. The summed E-state index contributed by atoms with van der Waals surface area (Å²) in [6.45, 7) is 6.40. The number of hydrogen-bond donors (Lipinski definition) is 1. The Balaban J connectivity index is 2.79. The van der Waals surface area contributed by atoms with Gasteiger partial charge in [0, 0.05) is 13.6 Å². The molecule has 1 N–H and O–H groups in total. The average Bonchev–Trinajstić information content (AvgIpc) is 2.39. The molecule has 0 aliphatic carbocycles. The lowest BCUT2D eigenvalue weighted by atomic mass is 10.1. The summed E-state index contributed by atoms with van der Waals surface area (Å²) >= 11 is 6.11. The van der Waals surface area contributed by atoms with E-state index in [0.29, 0.717) is 11.6 Å². The first-order chi connectivity index (χ1) is 6.87. The molecule has 0 saturated carbocycles. The highest BCUT2D eigenvalue weighted by atomic mass is 35.5. The van der Waals surface area contributed by atoms with Crippen LogP contribution in [-0.2, 0) is 13.6 Å². The molecule has 0 aliphatic rings. The van der Waals surface area contributed by atoms with Crippen molar-refractivity contribution < 1.29 is 0 Å². The van der Waals surface area contributed by atoms with Crippen LogP contribution in [0.1, 0.15) is 25.2 Å². The fourth-order valence-corrected chi connectivity index (χ4v) is 1.45. The van der Waals surface area contributed by atoms with Crippen molar-refractivity contribution in [2.75, 3.05) is 0 Å². The van der Waals surface area contributed by atoms with Crippen molar-refractivity contribution in [3.63, 3.8) is 0 Å². The summed E-state index contributed by atoms with van der Waals surface area (Å²) in [5, 5.41) is 8.18. The van der Waals surface area contributed by atoms with Crippen LogP contribution in [0, 0.1) is 19.3 Å². The summed E-state index contributed by atoms with van der Waals surface area (Å²) in [5.74, 6) is 2.67. The standard InChI is InChI=1S/C11H16ClN3/c1-6-11(3,4)13-7-9-10(12)8(2)14-15(9)5/h1,13H,7H2,2-5H3. The van der Waals surface area contributed by atoms with Gasteiger partial charge in [-0.25, -0.2) is 0 Å². The molecule has 1 rings (SSSR count). The summed E-state index contributed by atoms with van der Waals surface area (Å²) in [6, 6.07) is 0. The fraction of sp³-hybridized carbons (Fsp3) is 0.545. The molecule has 3 nitrogen and oxygen atoms in total. The van der Waals surface area contributed by atoms with E-state index in [1.807, 2.05) is 27.8 Å². The molecular weight excluding hydrogens is 210 g/mol. The van der Waals surface area contributed by atoms with Crippen LogP contribution in [0.5, 0.6) is 0 Å². The van der Waals surface area contributed by atoms with Crippen LogP contribution >= 0.6 is 11.6 Å². The number of halogens is 1. The lowest BCUT2D eigenvalue weighted by Gasteiger charge is -2.19. The minimum atomic E-state index is -0.332. The molecule has 0 aromatic carbocycles. The molecule has 0 unspecified atom stereocenters. The van der Waals surface area contributed by atoms with Crippen LogP contribution in [0.3, 0.4) is 0 Å². The highest BCUT2D eigenvalue weighted by Crippen LogP contribution is 2.19. The molecule has 0 spiro atoms. The Morgan fingerprint density at radius 1 is 1.60 bits per heavy atom. The number of aromatic nitrogens is 2. The topological polar surface area (TPSA) is 29.9 Å². The van der Waals surface area contributed by atoms with Gasteiger partial charge in [-0.1, -0.05) is 17.5 Å². The first kappa shape index (κ1) is 12.1. The normalized spacial score (nSPS) is 11.5. The third-order valence-electron chi connectivity index (χ3n) is 2.32. The van der Waals surface area contributed by atoms with E-state index in [9.17, 15) is 0 Å². The van der Waals surface area contributed by atoms with Crippen LogP contribution in [0.25, 0.3) is 0 Å². The van der Waals surface area contributed by atoms with Crippen LogP contribution in [0.4, 0.5) is 0 Å². The van der Waals surface area contributed by atoms with E-state index in [1.54, 1.807) is 4.68 Å². The van der Waals surface area contributed by atoms with E-state index < -0.39 is 0 Å². The van der Waals surface area contributed by atoms with E-state index in [-0.39, 0.29) is 5.54 Å². The van der Waals surface area contributed by atoms with Gasteiger partial charge in [-0.15, -0.1) is 6.42 Å². The SMILES string of the molecule is C#CC(C)(C)NCc1c(Cl)c(C)nn1C. The molecule has 15 heavy (non-hydrogen) atoms. The Kier molecular flexibility index (Phi) is 3.43. The molecule has 82 valence electrons. The second-order valence-corrected chi connectivity index (χ2v) is 4.47. The van der Waals surface area contributed by atoms with Crippen molar-refractivity contribution in [2.45, 2.75) is 32.9 Å². The molecule has 0 fully saturated rings. The quantitative estimate of drug-likeness (QED) is 0.797. The van der Waals surface area contributed by atoms with Crippen molar-refractivity contribution in [3.05, 3.63) is 16.4 Å². The zero-order valence-corrected chi connectivity index (χ0v) is 10.3. The van der Waals surface area contributed by atoms with Crippen molar-refractivity contribution in [1.82, 2.24) is 15.1 Å². The first-order valence-corrected chi connectivity index (χ1v) is 5.16. The van der Waals surface area contributed by atoms with Gasteiger partial charge in [0.25, 0.3) is 0 Å². The minimum absolute atomic E-state index is 0.332. The lowest BCUT2D eigenvalue weighted by Crippen LogP contribution is -2.37. The Morgan fingerprint density at radius 3 is 2.60 bits per heavy atom. The van der Waals surface area contributed by atoms with Gasteiger partial charge in [-0.2, -0.15) is 5.10 Å². The van der Waals surface area contributed by atoms with E-state index in [4.69, 9.17) is 18.0 Å². The van der Waals surface area contributed by atoms with E-state index in [1.165, 1.54) is 0 Å². The monoisotopic (exact) mass is 225 g/mol. The van der Waals surface area contributed by atoms with Gasteiger partial charge in [-0.05, 0) is 20.8 Å². The zero-order valence-electron chi connectivity index (χ0n) is 9.56. The Morgan fingerprint density at radius 2 is 2.20 bits per heavy atom. The summed E-state index contributed by atoms with van der Waals surface area (Å²) < 4.78 is 1.78. The van der Waals surface area contributed by atoms with Gasteiger partial charge in [0.05, 0.1) is 21.9 Å². The third kappa shape index (κ3) is 2.74. The second-order valence-electron chi connectivity index (χ2n) is 4.09. The summed E-state index contributed by atoms with van der Waals surface area (Å²) in [6.07, 6.45) is 5.38. The van der Waals surface area contributed by atoms with Crippen molar-refractivity contribution >= 4 is 11.6 Å². The molecule has 0 aliphatic heterocycles. The third-order valence-corrected chi connectivity index (χ3v) is 2.81. The number of nitrogens with zero attached hydrogens (tertiary/aromatic N) is 2. The van der Waals surface area contributed by atoms with Crippen molar-refractivity contribution in [3.8, 4) is 12.3 Å². The lowest BCUT2D eigenvalue weighted by molar-refractivity contribution is 0.477. The number of nitrogens with one attached hydrogen (secondary N) is 1. The van der Waals surface area contributed by atoms with Gasteiger partial charge in [0.15, 0.2) is 0 Å². The maximum absolute atomic E-state index is 6.11. The number of rotatable bonds is 3. The highest BCUT2D eigenvalue weighted by Gasteiger charge is 2.16. The van der Waals surface area contributed by atoms with Gasteiger partial charge >= 0.3 is 0 Å². The van der Waals surface area contributed by atoms with Crippen LogP contribution in [-0.4, -0.2) is 15.3 Å². The molecule has 1 heterocycles. The summed E-state index contributed by atoms with van der Waals surface area (Å²) in [4.78, 5) is 0. The van der Waals surface area contributed by atoms with Gasteiger partial charge < -0.3 is 0 Å². The van der Waals surface area contributed by atoms with Crippen molar-refractivity contribution in [2.24, 2.45) is 7.05 Å². The van der Waals surface area contributed by atoms with E-state index in [2.05, 4.69) is 16.3 Å². The predicted octanol–water partition coefficient (Wildman–Crippen LogP) is 1.88. The molecular formula is C11H16ClN3. The van der Waals surface area contributed by atoms with E-state index in [0.717, 1.165) is 11.4 Å². The Bertz CT molecular complexity index is 399. The molecule has 4 heteroatoms.